The smallest absolute Gasteiger partial charge is 0.194 e. The van der Waals surface area contributed by atoms with Gasteiger partial charge in [-0.05, 0) is 38.6 Å². The summed E-state index contributed by atoms with van der Waals surface area (Å²) in [7, 11) is 2.16. The number of hydrogen-bond donors (Lipinski definition) is 1. The minimum absolute atomic E-state index is 0. The van der Waals surface area contributed by atoms with E-state index in [9.17, 15) is 0 Å². The van der Waals surface area contributed by atoms with E-state index in [-0.39, 0.29) is 30.1 Å². The molecule has 134 valence electrons. The van der Waals surface area contributed by atoms with Crippen LogP contribution < -0.4 is 5.32 Å². The molecular formula is C17H33IN4O. The average molecular weight is 436 g/mol. The van der Waals surface area contributed by atoms with E-state index in [4.69, 9.17) is 9.73 Å². The van der Waals surface area contributed by atoms with Crippen LogP contribution in [0.2, 0.25) is 0 Å². The molecule has 1 saturated carbocycles. The predicted molar refractivity (Wildman–Crippen MR) is 106 cm³/mol. The van der Waals surface area contributed by atoms with Gasteiger partial charge in [-0.25, -0.2) is 0 Å². The second-order valence-electron chi connectivity index (χ2n) is 7.33. The van der Waals surface area contributed by atoms with E-state index in [1.54, 1.807) is 0 Å². The van der Waals surface area contributed by atoms with Crippen LogP contribution in [0.1, 0.15) is 39.0 Å². The lowest BCUT2D eigenvalue weighted by atomic mass is 9.86. The predicted octanol–water partition coefficient (Wildman–Crippen LogP) is 2.17. The Morgan fingerprint density at radius 1 is 1.26 bits per heavy atom. The molecule has 1 N–H and O–H groups in total. The normalized spacial score (nSPS) is 28.2. The van der Waals surface area contributed by atoms with Crippen molar-refractivity contribution in [3.63, 3.8) is 0 Å². The number of nitrogens with one attached hydrogen (secondary N) is 1. The molecule has 3 aliphatic rings. The van der Waals surface area contributed by atoms with Gasteiger partial charge < -0.3 is 19.9 Å². The van der Waals surface area contributed by atoms with E-state index < -0.39 is 0 Å². The van der Waals surface area contributed by atoms with Crippen molar-refractivity contribution in [3.8, 4) is 0 Å². The van der Waals surface area contributed by atoms with Crippen LogP contribution in [0, 0.1) is 5.41 Å². The number of likely N-dealkylation sites (tertiary alicyclic amines) is 1. The Bertz CT molecular complexity index is 398. The monoisotopic (exact) mass is 436 g/mol. The van der Waals surface area contributed by atoms with Crippen LogP contribution in [0.25, 0.3) is 0 Å². The molecule has 3 fully saturated rings. The molecule has 1 aliphatic carbocycles. The Balaban J connectivity index is 0.00000192. The fourth-order valence-corrected chi connectivity index (χ4v) is 4.24. The van der Waals surface area contributed by atoms with E-state index in [1.165, 1.54) is 38.6 Å². The summed E-state index contributed by atoms with van der Waals surface area (Å²) in [6.07, 6.45) is 7.27. The first-order valence-electron chi connectivity index (χ1n) is 9.04. The first-order chi connectivity index (χ1) is 10.7. The molecule has 2 heterocycles. The molecular weight excluding hydrogens is 403 g/mol. The highest BCUT2D eigenvalue weighted by Gasteiger charge is 2.41. The highest BCUT2D eigenvalue weighted by molar-refractivity contribution is 14.0. The van der Waals surface area contributed by atoms with Crippen molar-refractivity contribution in [1.29, 1.82) is 0 Å². The van der Waals surface area contributed by atoms with Crippen LogP contribution in [0.15, 0.2) is 4.99 Å². The maximum atomic E-state index is 5.84. The molecule has 2 saturated heterocycles. The Labute approximate surface area is 158 Å². The molecule has 1 atom stereocenters. The van der Waals surface area contributed by atoms with Gasteiger partial charge in [-0.2, -0.15) is 0 Å². The van der Waals surface area contributed by atoms with E-state index in [0.717, 1.165) is 45.3 Å². The van der Waals surface area contributed by atoms with Gasteiger partial charge in [0.15, 0.2) is 5.96 Å². The van der Waals surface area contributed by atoms with Gasteiger partial charge in [0.25, 0.3) is 0 Å². The molecule has 0 aromatic rings. The molecule has 3 rings (SSSR count). The molecule has 23 heavy (non-hydrogen) atoms. The fraction of sp³-hybridized carbons (Fsp3) is 0.941. The van der Waals surface area contributed by atoms with E-state index in [2.05, 4.69) is 29.1 Å². The van der Waals surface area contributed by atoms with Crippen molar-refractivity contribution in [2.24, 2.45) is 10.4 Å². The van der Waals surface area contributed by atoms with Gasteiger partial charge in [0.2, 0.25) is 0 Å². The highest BCUT2D eigenvalue weighted by atomic mass is 127. The van der Waals surface area contributed by atoms with Crippen molar-refractivity contribution in [1.82, 2.24) is 15.1 Å². The van der Waals surface area contributed by atoms with Gasteiger partial charge >= 0.3 is 0 Å². The Morgan fingerprint density at radius 2 is 2.04 bits per heavy atom. The van der Waals surface area contributed by atoms with E-state index in [0.29, 0.717) is 5.41 Å². The van der Waals surface area contributed by atoms with Crippen molar-refractivity contribution in [3.05, 3.63) is 0 Å². The summed E-state index contributed by atoms with van der Waals surface area (Å²) in [5, 5.41) is 3.49. The van der Waals surface area contributed by atoms with Crippen LogP contribution >= 0.6 is 24.0 Å². The maximum absolute atomic E-state index is 5.84. The number of nitrogens with zero attached hydrogens (tertiary/aromatic N) is 3. The summed E-state index contributed by atoms with van der Waals surface area (Å²) >= 11 is 0. The molecule has 1 spiro atoms. The van der Waals surface area contributed by atoms with Crippen LogP contribution in [0.4, 0.5) is 0 Å². The van der Waals surface area contributed by atoms with Crippen LogP contribution in [-0.4, -0.2) is 74.8 Å². The quantitative estimate of drug-likeness (QED) is 0.418. The molecule has 0 amide bonds. The van der Waals surface area contributed by atoms with Gasteiger partial charge in [-0.3, -0.25) is 4.99 Å². The Hall–Kier alpha value is -0.0800. The van der Waals surface area contributed by atoms with Gasteiger partial charge in [0.1, 0.15) is 0 Å². The molecule has 5 nitrogen and oxygen atoms in total. The standard InChI is InChI=1S/C17H32N4O.HI/c1-3-18-16(19-12-15-13-20(2)10-11-22-15)21-9-8-17(14-21)6-4-5-7-17;/h15H,3-14H2,1-2H3,(H,18,19);1H. The Kier molecular flexibility index (Phi) is 7.41. The lowest BCUT2D eigenvalue weighted by Gasteiger charge is -2.30. The van der Waals surface area contributed by atoms with Crippen LogP contribution in [0.3, 0.4) is 0 Å². The third-order valence-electron chi connectivity index (χ3n) is 5.52. The average Bonchev–Trinajstić information content (AvgIpc) is 3.14. The zero-order valence-electron chi connectivity index (χ0n) is 14.7. The molecule has 0 aromatic carbocycles. The minimum Gasteiger partial charge on any atom is -0.374 e. The van der Waals surface area contributed by atoms with Gasteiger partial charge in [-0.15, -0.1) is 24.0 Å². The highest BCUT2D eigenvalue weighted by Crippen LogP contribution is 2.45. The van der Waals surface area contributed by atoms with Gasteiger partial charge in [0, 0.05) is 32.7 Å². The molecule has 1 unspecified atom stereocenters. The van der Waals surface area contributed by atoms with Crippen LogP contribution in [-0.2, 0) is 4.74 Å². The van der Waals surface area contributed by atoms with Crippen molar-refractivity contribution in [2.75, 3.05) is 52.9 Å². The number of likely N-dealkylation sites (N-methyl/N-ethyl adjacent to an activating group) is 1. The first kappa shape index (κ1) is 19.2. The molecule has 0 bridgehead atoms. The maximum Gasteiger partial charge on any atom is 0.194 e. The molecule has 0 aromatic heterocycles. The summed E-state index contributed by atoms with van der Waals surface area (Å²) < 4.78 is 5.84. The molecule has 0 radical (unpaired) electrons. The zero-order chi connectivity index (χ0) is 15.4. The number of aliphatic imine (C=N–C) groups is 1. The fourth-order valence-electron chi connectivity index (χ4n) is 4.24. The third kappa shape index (κ3) is 4.95. The summed E-state index contributed by atoms with van der Waals surface area (Å²) in [6.45, 7) is 9.09. The number of hydrogen-bond acceptors (Lipinski definition) is 3. The number of morpholine rings is 1. The summed E-state index contributed by atoms with van der Waals surface area (Å²) in [4.78, 5) is 9.71. The van der Waals surface area contributed by atoms with Crippen LogP contribution in [0.5, 0.6) is 0 Å². The largest absolute Gasteiger partial charge is 0.374 e. The van der Waals surface area contributed by atoms with Crippen molar-refractivity contribution < 1.29 is 4.74 Å². The summed E-state index contributed by atoms with van der Waals surface area (Å²) in [5.74, 6) is 1.10. The topological polar surface area (TPSA) is 40.1 Å². The van der Waals surface area contributed by atoms with Crippen molar-refractivity contribution >= 4 is 29.9 Å². The number of ether oxygens (including phenoxy) is 1. The SMILES string of the molecule is CCNC(=NCC1CN(C)CCO1)N1CCC2(CCCC2)C1.I. The first-order valence-corrected chi connectivity index (χ1v) is 9.04. The molecule has 2 aliphatic heterocycles. The second-order valence-corrected chi connectivity index (χ2v) is 7.33. The van der Waals surface area contributed by atoms with Crippen molar-refractivity contribution in [2.45, 2.75) is 45.1 Å². The number of rotatable bonds is 3. The number of halogens is 1. The minimum atomic E-state index is 0. The van der Waals surface area contributed by atoms with Gasteiger partial charge in [-0.1, -0.05) is 12.8 Å². The molecule has 6 heteroatoms. The lowest BCUT2D eigenvalue weighted by molar-refractivity contribution is -0.0137. The summed E-state index contributed by atoms with van der Waals surface area (Å²) in [6, 6.07) is 0. The van der Waals surface area contributed by atoms with E-state index in [1.807, 2.05) is 0 Å². The number of guanidine groups is 1. The zero-order valence-corrected chi connectivity index (χ0v) is 17.1. The second kappa shape index (κ2) is 8.85. The van der Waals surface area contributed by atoms with E-state index >= 15 is 0 Å². The van der Waals surface area contributed by atoms with Gasteiger partial charge in [0.05, 0.1) is 19.3 Å². The third-order valence-corrected chi connectivity index (χ3v) is 5.52. The lowest BCUT2D eigenvalue weighted by Crippen LogP contribution is -2.44. The Morgan fingerprint density at radius 3 is 2.74 bits per heavy atom. The summed E-state index contributed by atoms with van der Waals surface area (Å²) in [5.41, 5.74) is 0.595.